The van der Waals surface area contributed by atoms with E-state index >= 15 is 0 Å². The summed E-state index contributed by atoms with van der Waals surface area (Å²) in [5.41, 5.74) is 8.66. The number of rotatable bonds is 5. The van der Waals surface area contributed by atoms with Crippen molar-refractivity contribution in [2.45, 2.75) is 18.0 Å². The minimum Gasteiger partial charge on any atom is -0.493 e. The predicted molar refractivity (Wildman–Crippen MR) is 130 cm³/mol. The Morgan fingerprint density at radius 3 is 2.61 bits per heavy atom. The molecule has 0 amide bonds. The van der Waals surface area contributed by atoms with Gasteiger partial charge in [-0.2, -0.15) is 9.78 Å². The van der Waals surface area contributed by atoms with Crippen LogP contribution < -0.4 is 9.47 Å². The monoisotopic (exact) mass is 454 g/mol. The summed E-state index contributed by atoms with van der Waals surface area (Å²) in [7, 11) is 3.28. The molecule has 2 heterocycles. The first-order chi connectivity index (χ1) is 16.2. The lowest BCUT2D eigenvalue weighted by Crippen LogP contribution is -2.15. The average Bonchev–Trinajstić information content (AvgIpc) is 3.44. The summed E-state index contributed by atoms with van der Waals surface area (Å²) in [5.74, 6) is 2.98. The maximum absolute atomic E-state index is 5.45. The van der Waals surface area contributed by atoms with Gasteiger partial charge in [0.05, 0.1) is 19.9 Å². The Morgan fingerprint density at radius 2 is 1.73 bits per heavy atom. The third kappa shape index (κ3) is 3.49. The van der Waals surface area contributed by atoms with E-state index in [2.05, 4.69) is 52.7 Å². The normalized spacial score (nSPS) is 13.7. The molecule has 1 aliphatic carbocycles. The fraction of sp³-hybridized carbons (Fsp3) is 0.192. The molecule has 0 saturated carbocycles. The van der Waals surface area contributed by atoms with Crippen molar-refractivity contribution >= 4 is 17.5 Å². The van der Waals surface area contributed by atoms with Crippen LogP contribution in [-0.4, -0.2) is 40.6 Å². The van der Waals surface area contributed by atoms with E-state index in [1.54, 1.807) is 26.0 Å². The van der Waals surface area contributed by atoms with Gasteiger partial charge in [-0.1, -0.05) is 54.2 Å². The first-order valence-corrected chi connectivity index (χ1v) is 11.8. The van der Waals surface area contributed by atoms with Gasteiger partial charge >= 0.3 is 0 Å². The smallest absolute Gasteiger partial charge is 0.212 e. The molecule has 0 saturated heterocycles. The zero-order valence-corrected chi connectivity index (χ0v) is 19.2. The van der Waals surface area contributed by atoms with Crippen LogP contribution in [0.5, 0.6) is 11.5 Å². The van der Waals surface area contributed by atoms with Crippen molar-refractivity contribution in [2.24, 2.45) is 5.10 Å². The number of aromatic nitrogens is 3. The highest BCUT2D eigenvalue weighted by atomic mass is 32.2. The maximum Gasteiger partial charge on any atom is 0.212 e. The Hall–Kier alpha value is -3.58. The summed E-state index contributed by atoms with van der Waals surface area (Å²) >= 11 is 1.67. The number of hydrogen-bond donors (Lipinski definition) is 0. The summed E-state index contributed by atoms with van der Waals surface area (Å²) in [5, 5.41) is 14.6. The Morgan fingerprint density at radius 1 is 0.879 bits per heavy atom. The number of methoxy groups -OCH3 is 2. The van der Waals surface area contributed by atoms with Crippen LogP contribution in [0.4, 0.5) is 0 Å². The fourth-order valence-corrected chi connectivity index (χ4v) is 5.35. The van der Waals surface area contributed by atoms with Crippen LogP contribution in [0.25, 0.3) is 11.1 Å². The standard InChI is InChI=1S/C26H22N4O2S/c1-31-23-10-7-16(11-24(23)32-2)12-25-27-28-26-30(25)29-22(15-33-26)19-9-8-18-13-17-5-3-4-6-20(17)21(18)14-19/h3-11,14H,12-13,15H2,1-2H3. The molecule has 0 atom stereocenters. The van der Waals surface area contributed by atoms with Gasteiger partial charge in [-0.05, 0) is 58.0 Å². The lowest BCUT2D eigenvalue weighted by atomic mass is 10.0. The molecule has 0 fully saturated rings. The van der Waals surface area contributed by atoms with Gasteiger partial charge in [-0.15, -0.1) is 10.2 Å². The number of hydrogen-bond acceptors (Lipinski definition) is 6. The van der Waals surface area contributed by atoms with Gasteiger partial charge in [0.15, 0.2) is 17.3 Å². The van der Waals surface area contributed by atoms with Crippen LogP contribution in [0, 0.1) is 0 Å². The molecule has 164 valence electrons. The van der Waals surface area contributed by atoms with E-state index < -0.39 is 0 Å². The Kier molecular flexibility index (Phi) is 4.91. The van der Waals surface area contributed by atoms with E-state index in [4.69, 9.17) is 14.6 Å². The second-order valence-electron chi connectivity index (χ2n) is 8.12. The van der Waals surface area contributed by atoms with Crippen molar-refractivity contribution in [3.8, 4) is 22.6 Å². The zero-order valence-electron chi connectivity index (χ0n) is 18.4. The molecule has 0 unspecified atom stereocenters. The minimum absolute atomic E-state index is 0.599. The third-order valence-electron chi connectivity index (χ3n) is 6.18. The quantitative estimate of drug-likeness (QED) is 0.381. The van der Waals surface area contributed by atoms with Gasteiger partial charge in [0.1, 0.15) is 0 Å². The molecular weight excluding hydrogens is 432 g/mol. The van der Waals surface area contributed by atoms with E-state index in [1.165, 1.54) is 22.3 Å². The number of thioether (sulfide) groups is 1. The van der Waals surface area contributed by atoms with Crippen LogP contribution in [0.2, 0.25) is 0 Å². The molecule has 7 heteroatoms. The van der Waals surface area contributed by atoms with Gasteiger partial charge in [0.25, 0.3) is 0 Å². The van der Waals surface area contributed by atoms with Crippen molar-refractivity contribution in [2.75, 3.05) is 20.0 Å². The van der Waals surface area contributed by atoms with Crippen LogP contribution in [0.3, 0.4) is 0 Å². The topological polar surface area (TPSA) is 61.5 Å². The minimum atomic E-state index is 0.599. The summed E-state index contributed by atoms with van der Waals surface area (Å²) in [4.78, 5) is 0. The van der Waals surface area contributed by atoms with Crippen molar-refractivity contribution in [1.82, 2.24) is 14.9 Å². The molecule has 3 aromatic carbocycles. The highest BCUT2D eigenvalue weighted by Crippen LogP contribution is 2.37. The lowest BCUT2D eigenvalue weighted by Gasteiger charge is -2.15. The summed E-state index contributed by atoms with van der Waals surface area (Å²) in [6, 6.07) is 21.3. The molecule has 0 radical (unpaired) electrons. The van der Waals surface area contributed by atoms with Gasteiger partial charge in [0.2, 0.25) is 5.16 Å². The summed E-state index contributed by atoms with van der Waals surface area (Å²) in [6.07, 6.45) is 1.60. The van der Waals surface area contributed by atoms with Gasteiger partial charge < -0.3 is 9.47 Å². The molecule has 6 nitrogen and oxygen atoms in total. The van der Waals surface area contributed by atoms with Gasteiger partial charge in [0, 0.05) is 12.2 Å². The number of benzene rings is 3. The van der Waals surface area contributed by atoms with Gasteiger partial charge in [-0.25, -0.2) is 0 Å². The molecular formula is C26H22N4O2S. The fourth-order valence-electron chi connectivity index (χ4n) is 4.50. The molecule has 0 spiro atoms. The first kappa shape index (κ1) is 20.1. The van der Waals surface area contributed by atoms with E-state index in [-0.39, 0.29) is 0 Å². The molecule has 2 aliphatic rings. The SMILES string of the molecule is COc1ccc(Cc2nnc3n2N=C(c2ccc4c(c2)-c2ccccc2C4)CS3)cc1OC. The molecule has 4 aromatic rings. The molecule has 6 rings (SSSR count). The second kappa shape index (κ2) is 8.08. The zero-order chi connectivity index (χ0) is 22.4. The molecule has 33 heavy (non-hydrogen) atoms. The van der Waals surface area contributed by atoms with Crippen LogP contribution in [-0.2, 0) is 12.8 Å². The average molecular weight is 455 g/mol. The van der Waals surface area contributed by atoms with Crippen molar-refractivity contribution in [1.29, 1.82) is 0 Å². The maximum atomic E-state index is 5.45. The number of fused-ring (bicyclic) bond motifs is 4. The Bertz CT molecular complexity index is 1410. The van der Waals surface area contributed by atoms with E-state index in [0.29, 0.717) is 17.9 Å². The summed E-state index contributed by atoms with van der Waals surface area (Å²) < 4.78 is 12.7. The predicted octanol–water partition coefficient (Wildman–Crippen LogP) is 4.82. The van der Waals surface area contributed by atoms with E-state index in [9.17, 15) is 0 Å². The Balaban J connectivity index is 1.33. The highest BCUT2D eigenvalue weighted by Gasteiger charge is 2.23. The van der Waals surface area contributed by atoms with Crippen molar-refractivity contribution in [3.05, 3.63) is 88.7 Å². The van der Waals surface area contributed by atoms with Crippen molar-refractivity contribution < 1.29 is 9.47 Å². The van der Waals surface area contributed by atoms with E-state index in [0.717, 1.165) is 40.0 Å². The Labute approximate surface area is 196 Å². The largest absolute Gasteiger partial charge is 0.493 e. The second-order valence-corrected chi connectivity index (χ2v) is 9.06. The number of ether oxygens (including phenoxy) is 2. The highest BCUT2D eigenvalue weighted by molar-refractivity contribution is 7.99. The third-order valence-corrected chi connectivity index (χ3v) is 7.11. The van der Waals surface area contributed by atoms with Crippen molar-refractivity contribution in [3.63, 3.8) is 0 Å². The molecule has 0 bridgehead atoms. The summed E-state index contributed by atoms with van der Waals surface area (Å²) in [6.45, 7) is 0. The molecule has 1 aliphatic heterocycles. The van der Waals surface area contributed by atoms with Crippen LogP contribution in [0.15, 0.2) is 70.9 Å². The molecule has 1 aromatic heterocycles. The number of nitrogens with zero attached hydrogens (tertiary/aromatic N) is 4. The first-order valence-electron chi connectivity index (χ1n) is 10.8. The van der Waals surface area contributed by atoms with E-state index in [1.807, 2.05) is 22.9 Å². The molecule has 0 N–H and O–H groups in total. The van der Waals surface area contributed by atoms with Crippen LogP contribution in [0.1, 0.15) is 28.1 Å². The lowest BCUT2D eigenvalue weighted by molar-refractivity contribution is 0.354. The van der Waals surface area contributed by atoms with Crippen LogP contribution >= 0.6 is 11.8 Å². The van der Waals surface area contributed by atoms with Gasteiger partial charge in [-0.3, -0.25) is 0 Å².